The van der Waals surface area contributed by atoms with Crippen LogP contribution < -0.4 is 0 Å². The van der Waals surface area contributed by atoms with Crippen LogP contribution in [0.4, 0.5) is 43.9 Å². The van der Waals surface area contributed by atoms with Gasteiger partial charge in [0.2, 0.25) is 11.6 Å². The summed E-state index contributed by atoms with van der Waals surface area (Å²) in [5.74, 6) is -20.3. The Kier molecular flexibility index (Phi) is 7.14. The molecule has 0 aliphatic rings. The lowest BCUT2D eigenvalue weighted by Gasteiger charge is -2.06. The van der Waals surface area contributed by atoms with Crippen LogP contribution in [0.15, 0.2) is 48.5 Å². The summed E-state index contributed by atoms with van der Waals surface area (Å²) in [6.45, 7) is 0. The highest BCUT2D eigenvalue weighted by molar-refractivity contribution is 7.27. The number of aromatic nitrogens is 2. The van der Waals surface area contributed by atoms with E-state index in [9.17, 15) is 43.9 Å². The number of nitrogens with zero attached hydrogens (tertiary/aromatic N) is 2. The van der Waals surface area contributed by atoms with Gasteiger partial charge in [-0.15, -0.1) is 45.3 Å². The number of hydrogen-bond donors (Lipinski definition) is 0. The maximum Gasteiger partial charge on any atom is 0.200 e. The molecule has 4 heterocycles. The summed E-state index contributed by atoms with van der Waals surface area (Å²) in [6, 6.07) is 12.8. The molecule has 0 saturated heterocycles. The molecule has 4 aromatic carbocycles. The van der Waals surface area contributed by atoms with Crippen LogP contribution in [0.1, 0.15) is 0 Å². The molecule has 240 valence electrons. The minimum Gasteiger partial charge on any atom is -0.235 e. The average molecular weight is 739 g/mol. The zero-order valence-electron chi connectivity index (χ0n) is 22.9. The van der Waals surface area contributed by atoms with Crippen molar-refractivity contribution in [2.75, 3.05) is 0 Å². The predicted molar refractivity (Wildman–Crippen MR) is 167 cm³/mol. The first-order valence-electron chi connectivity index (χ1n) is 13.3. The summed E-state index contributed by atoms with van der Waals surface area (Å²) in [5.41, 5.74) is -0.859. The van der Waals surface area contributed by atoms with Gasteiger partial charge in [0.05, 0.1) is 41.3 Å². The second kappa shape index (κ2) is 11.1. The normalized spacial score (nSPS) is 12.0. The third-order valence-corrected chi connectivity index (χ3v) is 12.0. The highest BCUT2D eigenvalue weighted by Crippen LogP contribution is 2.44. The standard InChI is InChI=1S/C32H8F10N2S4/c33-21-19(22(34)26(38)29(41)25(21)37)13-1-3-15(45-13)31-43-11-5-9-8-18-12(6-10(9)7-17(11)47-31)44-32(48-18)16-4-2-14(46-16)20-23(35)27(39)30(42)28(40)24(20)36/h1-8H. The minimum absolute atomic E-state index is 0.158. The molecule has 4 aromatic heterocycles. The molecule has 2 nitrogen and oxygen atoms in total. The van der Waals surface area contributed by atoms with Crippen molar-refractivity contribution in [2.45, 2.75) is 0 Å². The number of halogens is 10. The highest BCUT2D eigenvalue weighted by Gasteiger charge is 2.29. The Balaban J connectivity index is 1.14. The fraction of sp³-hybridized carbons (Fsp3) is 0. The molecule has 0 bridgehead atoms. The molecule has 0 unspecified atom stereocenters. The van der Waals surface area contributed by atoms with E-state index in [4.69, 9.17) is 0 Å². The lowest BCUT2D eigenvalue weighted by molar-refractivity contribution is 0.381. The minimum atomic E-state index is -2.23. The van der Waals surface area contributed by atoms with Crippen molar-refractivity contribution < 1.29 is 43.9 Å². The van der Waals surface area contributed by atoms with Crippen molar-refractivity contribution in [3.05, 3.63) is 107 Å². The van der Waals surface area contributed by atoms with E-state index >= 15 is 0 Å². The average Bonchev–Trinajstić information content (AvgIpc) is 3.89. The largest absolute Gasteiger partial charge is 0.235 e. The van der Waals surface area contributed by atoms with Gasteiger partial charge in [0.1, 0.15) is 10.0 Å². The van der Waals surface area contributed by atoms with Crippen LogP contribution in [0.25, 0.3) is 71.9 Å². The lowest BCUT2D eigenvalue weighted by Crippen LogP contribution is -2.03. The van der Waals surface area contributed by atoms with Crippen molar-refractivity contribution >= 4 is 76.6 Å². The van der Waals surface area contributed by atoms with Gasteiger partial charge in [0.25, 0.3) is 0 Å². The molecule has 0 aliphatic carbocycles. The van der Waals surface area contributed by atoms with Gasteiger partial charge in [0, 0.05) is 9.75 Å². The van der Waals surface area contributed by atoms with Crippen molar-refractivity contribution in [2.24, 2.45) is 0 Å². The Morgan fingerprint density at radius 1 is 0.354 bits per heavy atom. The SMILES string of the molecule is Fc1c(F)c(F)c(-c2ccc(-c3nc4cc5cc6sc(-c7ccc(-c8c(F)c(F)c(F)c(F)c8F)s7)nc6cc5cc4s3)s2)c(F)c1F. The second-order valence-electron chi connectivity index (χ2n) is 10.2. The summed E-state index contributed by atoms with van der Waals surface area (Å²) in [5, 5.41) is 2.49. The molecule has 0 radical (unpaired) electrons. The van der Waals surface area contributed by atoms with E-state index in [1.807, 2.05) is 24.3 Å². The third kappa shape index (κ3) is 4.64. The van der Waals surface area contributed by atoms with Crippen LogP contribution in [0.5, 0.6) is 0 Å². The quantitative estimate of drug-likeness (QED) is 0.102. The Morgan fingerprint density at radius 3 is 1.02 bits per heavy atom. The molecule has 0 fully saturated rings. The topological polar surface area (TPSA) is 25.8 Å². The van der Waals surface area contributed by atoms with Crippen LogP contribution in [0.3, 0.4) is 0 Å². The smallest absolute Gasteiger partial charge is 0.200 e. The van der Waals surface area contributed by atoms with Crippen LogP contribution in [0, 0.1) is 58.2 Å². The van der Waals surface area contributed by atoms with Gasteiger partial charge < -0.3 is 0 Å². The molecule has 0 atom stereocenters. The first-order chi connectivity index (χ1) is 22.9. The summed E-state index contributed by atoms with van der Waals surface area (Å²) < 4.78 is 141. The molecule has 0 N–H and O–H groups in total. The molecule has 8 aromatic rings. The number of thiophene rings is 2. The summed E-state index contributed by atoms with van der Waals surface area (Å²) in [4.78, 5) is 9.82. The molecule has 48 heavy (non-hydrogen) atoms. The van der Waals surface area contributed by atoms with Crippen molar-refractivity contribution in [3.63, 3.8) is 0 Å². The van der Waals surface area contributed by atoms with Crippen LogP contribution in [-0.2, 0) is 0 Å². The number of fused-ring (bicyclic) bond motifs is 3. The predicted octanol–water partition coefficient (Wildman–Crippen LogP) is 12.2. The zero-order chi connectivity index (χ0) is 33.8. The number of hydrogen-bond acceptors (Lipinski definition) is 6. The molecular weight excluding hydrogens is 731 g/mol. The molecule has 8 rings (SSSR count). The first kappa shape index (κ1) is 30.9. The van der Waals surface area contributed by atoms with Crippen molar-refractivity contribution in [1.82, 2.24) is 9.97 Å². The van der Waals surface area contributed by atoms with Crippen LogP contribution >= 0.6 is 45.3 Å². The van der Waals surface area contributed by atoms with Gasteiger partial charge in [-0.2, -0.15) is 0 Å². The van der Waals surface area contributed by atoms with Gasteiger partial charge in [-0.25, -0.2) is 53.9 Å². The Morgan fingerprint density at radius 2 is 0.667 bits per heavy atom. The molecule has 0 saturated carbocycles. The molecule has 0 amide bonds. The lowest BCUT2D eigenvalue weighted by atomic mass is 10.1. The number of benzene rings is 4. The van der Waals surface area contributed by atoms with E-state index < -0.39 is 69.3 Å². The maximum absolute atomic E-state index is 14.4. The fourth-order valence-corrected chi connectivity index (χ4v) is 9.30. The van der Waals surface area contributed by atoms with Crippen LogP contribution in [0.2, 0.25) is 0 Å². The van der Waals surface area contributed by atoms with Crippen molar-refractivity contribution in [3.8, 4) is 40.7 Å². The van der Waals surface area contributed by atoms with Gasteiger partial charge >= 0.3 is 0 Å². The number of thiazole rings is 2. The number of rotatable bonds is 4. The van der Waals surface area contributed by atoms with E-state index in [0.29, 0.717) is 30.8 Å². The molecule has 0 aliphatic heterocycles. The van der Waals surface area contributed by atoms with Gasteiger partial charge in [-0.05, 0) is 59.3 Å². The van der Waals surface area contributed by atoms with Crippen molar-refractivity contribution in [1.29, 1.82) is 0 Å². The monoisotopic (exact) mass is 738 g/mol. The summed E-state index contributed by atoms with van der Waals surface area (Å²) >= 11 is 4.16. The molecule has 16 heteroatoms. The second-order valence-corrected chi connectivity index (χ2v) is 14.5. The van der Waals surface area contributed by atoms with E-state index in [0.717, 1.165) is 42.8 Å². The Bertz CT molecular complexity index is 2350. The summed E-state index contributed by atoms with van der Waals surface area (Å²) in [6.07, 6.45) is 0. The van der Waals surface area contributed by atoms with Gasteiger partial charge in [0.15, 0.2) is 46.5 Å². The fourth-order valence-electron chi connectivity index (χ4n) is 5.12. The van der Waals surface area contributed by atoms with Gasteiger partial charge in [-0.3, -0.25) is 0 Å². The van der Waals surface area contributed by atoms with E-state index in [1.165, 1.54) is 46.9 Å². The highest BCUT2D eigenvalue weighted by atomic mass is 32.1. The Hall–Kier alpha value is -4.38. The molecular formula is C32H8F10N2S4. The van der Waals surface area contributed by atoms with E-state index in [2.05, 4.69) is 9.97 Å². The van der Waals surface area contributed by atoms with Crippen LogP contribution in [-0.4, -0.2) is 9.97 Å². The Labute approximate surface area is 276 Å². The third-order valence-electron chi connectivity index (χ3n) is 7.40. The van der Waals surface area contributed by atoms with E-state index in [-0.39, 0.29) is 9.75 Å². The van der Waals surface area contributed by atoms with Gasteiger partial charge in [-0.1, -0.05) is 0 Å². The summed E-state index contributed by atoms with van der Waals surface area (Å²) in [7, 11) is 0. The first-order valence-corrected chi connectivity index (χ1v) is 16.6. The zero-order valence-corrected chi connectivity index (χ0v) is 26.2. The van der Waals surface area contributed by atoms with E-state index in [1.54, 1.807) is 0 Å². The molecule has 0 spiro atoms. The maximum atomic E-state index is 14.4.